The molecule has 1 heterocycles. The molecule has 0 radical (unpaired) electrons. The summed E-state index contributed by atoms with van der Waals surface area (Å²) in [5.41, 5.74) is 7.72. The van der Waals surface area contributed by atoms with Crippen LogP contribution in [0.25, 0.3) is 0 Å². The van der Waals surface area contributed by atoms with Crippen molar-refractivity contribution in [3.63, 3.8) is 0 Å². The largest absolute Gasteiger partial charge is 0.478 e. The van der Waals surface area contributed by atoms with E-state index in [1.807, 2.05) is 24.6 Å². The lowest BCUT2D eigenvalue weighted by Gasteiger charge is -2.16. The lowest BCUT2D eigenvalue weighted by molar-refractivity contribution is 0.0698. The minimum atomic E-state index is -1.23. The fraction of sp³-hybridized carbons (Fsp3) is 0.375. The zero-order chi connectivity index (χ0) is 16.4. The number of hydrogen-bond donors (Lipinski definition) is 2. The summed E-state index contributed by atoms with van der Waals surface area (Å²) in [6, 6.07) is 4.90. The van der Waals surface area contributed by atoms with Gasteiger partial charge in [0.25, 0.3) is 0 Å². The first kappa shape index (κ1) is 16.0. The maximum atomic E-state index is 13.9. The standard InChI is InChI=1S/C16H20FN3O2/c1-9(2)20-12(4-5-19-20)6-11-7-14(16(21)22)15(18)8-13(11)10(3)17/h4-5,7-10H,6,18H2,1-3H3,(H,21,22). The quantitative estimate of drug-likeness (QED) is 0.830. The van der Waals surface area contributed by atoms with Crippen LogP contribution in [0.1, 0.15) is 60.2 Å². The Hall–Kier alpha value is -2.37. The molecule has 0 bridgehead atoms. The third-order valence-electron chi connectivity index (χ3n) is 3.58. The summed E-state index contributed by atoms with van der Waals surface area (Å²) in [6.45, 7) is 5.42. The van der Waals surface area contributed by atoms with Crippen LogP contribution in [0.3, 0.4) is 0 Å². The topological polar surface area (TPSA) is 81.1 Å². The van der Waals surface area contributed by atoms with Crippen LogP contribution in [0.15, 0.2) is 24.4 Å². The van der Waals surface area contributed by atoms with Crippen molar-refractivity contribution < 1.29 is 14.3 Å². The maximum Gasteiger partial charge on any atom is 0.337 e. The van der Waals surface area contributed by atoms with E-state index in [9.17, 15) is 14.3 Å². The van der Waals surface area contributed by atoms with Gasteiger partial charge in [0.05, 0.1) is 5.56 Å². The molecule has 0 aliphatic carbocycles. The number of halogens is 1. The smallest absolute Gasteiger partial charge is 0.337 e. The van der Waals surface area contributed by atoms with Gasteiger partial charge >= 0.3 is 5.97 Å². The van der Waals surface area contributed by atoms with E-state index in [4.69, 9.17) is 5.73 Å². The van der Waals surface area contributed by atoms with Crippen LogP contribution < -0.4 is 5.73 Å². The highest BCUT2D eigenvalue weighted by Gasteiger charge is 2.18. The summed E-state index contributed by atoms with van der Waals surface area (Å²) in [4.78, 5) is 11.2. The average molecular weight is 305 g/mol. The molecule has 0 saturated heterocycles. The van der Waals surface area contributed by atoms with Gasteiger partial charge < -0.3 is 10.8 Å². The number of nitrogen functional groups attached to an aromatic ring is 1. The van der Waals surface area contributed by atoms with Crippen LogP contribution in [-0.2, 0) is 6.42 Å². The maximum absolute atomic E-state index is 13.9. The van der Waals surface area contributed by atoms with Crippen molar-refractivity contribution >= 4 is 11.7 Å². The molecule has 0 spiro atoms. The van der Waals surface area contributed by atoms with Crippen molar-refractivity contribution in [1.82, 2.24) is 9.78 Å². The summed E-state index contributed by atoms with van der Waals surface area (Å²) in [7, 11) is 0. The van der Waals surface area contributed by atoms with Crippen molar-refractivity contribution in [2.45, 2.75) is 39.4 Å². The summed E-state index contributed by atoms with van der Waals surface area (Å²) < 4.78 is 15.7. The summed E-state index contributed by atoms with van der Waals surface area (Å²) in [5, 5.41) is 13.4. The number of carboxylic acid groups (broad SMARTS) is 1. The van der Waals surface area contributed by atoms with Gasteiger partial charge in [0, 0.05) is 30.0 Å². The number of anilines is 1. The third-order valence-corrected chi connectivity index (χ3v) is 3.58. The first-order chi connectivity index (χ1) is 10.3. The fourth-order valence-electron chi connectivity index (χ4n) is 2.53. The molecule has 1 unspecified atom stereocenters. The molecule has 22 heavy (non-hydrogen) atoms. The molecule has 6 heteroatoms. The van der Waals surface area contributed by atoms with Gasteiger partial charge in [-0.25, -0.2) is 9.18 Å². The Morgan fingerprint density at radius 2 is 2.09 bits per heavy atom. The number of benzene rings is 1. The monoisotopic (exact) mass is 305 g/mol. The zero-order valence-electron chi connectivity index (χ0n) is 12.9. The van der Waals surface area contributed by atoms with Crippen molar-refractivity contribution in [2.75, 3.05) is 5.73 Å². The van der Waals surface area contributed by atoms with Gasteiger partial charge in [-0.2, -0.15) is 5.10 Å². The molecule has 0 fully saturated rings. The predicted octanol–water partition coefficient (Wildman–Crippen LogP) is 3.37. The predicted molar refractivity (Wildman–Crippen MR) is 82.8 cm³/mol. The number of nitrogens with zero attached hydrogens (tertiary/aromatic N) is 2. The molecule has 2 rings (SSSR count). The molecule has 5 nitrogen and oxygen atoms in total. The van der Waals surface area contributed by atoms with E-state index in [0.717, 1.165) is 5.69 Å². The second-order valence-electron chi connectivity index (χ2n) is 5.60. The molecule has 3 N–H and O–H groups in total. The number of aromatic nitrogens is 2. The molecular formula is C16H20FN3O2. The zero-order valence-corrected chi connectivity index (χ0v) is 12.9. The first-order valence-electron chi connectivity index (χ1n) is 7.13. The number of carbonyl (C=O) groups is 1. The molecule has 2 aromatic rings. The van der Waals surface area contributed by atoms with Crippen LogP contribution in [0.4, 0.5) is 10.1 Å². The molecule has 1 aromatic carbocycles. The molecule has 0 saturated carbocycles. The van der Waals surface area contributed by atoms with Gasteiger partial charge in [-0.1, -0.05) is 0 Å². The van der Waals surface area contributed by atoms with Gasteiger partial charge in [0.15, 0.2) is 0 Å². The summed E-state index contributed by atoms with van der Waals surface area (Å²) in [5.74, 6) is -1.12. The minimum absolute atomic E-state index is 0.00462. The van der Waals surface area contributed by atoms with E-state index in [1.165, 1.54) is 19.1 Å². The van der Waals surface area contributed by atoms with E-state index >= 15 is 0 Å². The van der Waals surface area contributed by atoms with Crippen LogP contribution >= 0.6 is 0 Å². The number of alkyl halides is 1. The Morgan fingerprint density at radius 3 is 2.64 bits per heavy atom. The van der Waals surface area contributed by atoms with E-state index < -0.39 is 12.1 Å². The van der Waals surface area contributed by atoms with Gasteiger partial charge in [0.2, 0.25) is 0 Å². The van der Waals surface area contributed by atoms with E-state index in [0.29, 0.717) is 17.5 Å². The van der Waals surface area contributed by atoms with Gasteiger partial charge in [-0.3, -0.25) is 4.68 Å². The molecule has 1 aromatic heterocycles. The highest BCUT2D eigenvalue weighted by Crippen LogP contribution is 2.28. The second kappa shape index (κ2) is 6.17. The minimum Gasteiger partial charge on any atom is -0.478 e. The molecule has 0 amide bonds. The van der Waals surface area contributed by atoms with Crippen LogP contribution in [0.5, 0.6) is 0 Å². The first-order valence-corrected chi connectivity index (χ1v) is 7.13. The highest BCUT2D eigenvalue weighted by molar-refractivity contribution is 5.94. The van der Waals surface area contributed by atoms with Gasteiger partial charge in [-0.15, -0.1) is 0 Å². The number of nitrogens with two attached hydrogens (primary N) is 1. The average Bonchev–Trinajstić information content (AvgIpc) is 2.88. The number of aromatic carboxylic acids is 1. The number of rotatable bonds is 5. The molecular weight excluding hydrogens is 285 g/mol. The Kier molecular flexibility index (Phi) is 4.49. The summed E-state index contributed by atoms with van der Waals surface area (Å²) in [6.07, 6.45) is 0.863. The van der Waals surface area contributed by atoms with Gasteiger partial charge in [0.1, 0.15) is 6.17 Å². The Labute approximate surface area is 128 Å². The Morgan fingerprint density at radius 1 is 1.41 bits per heavy atom. The summed E-state index contributed by atoms with van der Waals surface area (Å²) >= 11 is 0. The molecule has 0 aliphatic heterocycles. The van der Waals surface area contributed by atoms with Crippen LogP contribution in [0.2, 0.25) is 0 Å². The SMILES string of the molecule is CC(F)c1cc(N)c(C(=O)O)cc1Cc1ccnn1C(C)C. The Balaban J connectivity index is 2.50. The van der Waals surface area contributed by atoms with Crippen LogP contribution in [0, 0.1) is 0 Å². The Bertz CT molecular complexity index is 693. The number of hydrogen-bond acceptors (Lipinski definition) is 3. The van der Waals surface area contributed by atoms with Crippen molar-refractivity contribution in [3.8, 4) is 0 Å². The van der Waals surface area contributed by atoms with E-state index in [-0.39, 0.29) is 17.3 Å². The van der Waals surface area contributed by atoms with Crippen molar-refractivity contribution in [3.05, 3.63) is 46.8 Å². The molecule has 0 aliphatic rings. The van der Waals surface area contributed by atoms with Crippen molar-refractivity contribution in [2.24, 2.45) is 0 Å². The fourth-order valence-corrected chi connectivity index (χ4v) is 2.53. The highest BCUT2D eigenvalue weighted by atomic mass is 19.1. The lowest BCUT2D eigenvalue weighted by Crippen LogP contribution is -2.11. The van der Waals surface area contributed by atoms with Crippen LogP contribution in [-0.4, -0.2) is 20.9 Å². The molecule has 1 atom stereocenters. The van der Waals surface area contributed by atoms with E-state index in [2.05, 4.69) is 5.10 Å². The van der Waals surface area contributed by atoms with E-state index in [1.54, 1.807) is 6.20 Å². The third kappa shape index (κ3) is 3.10. The van der Waals surface area contributed by atoms with Gasteiger partial charge in [-0.05, 0) is 50.1 Å². The molecule has 118 valence electrons. The number of carboxylic acids is 1. The second-order valence-corrected chi connectivity index (χ2v) is 5.60. The normalized spacial score (nSPS) is 12.6. The lowest BCUT2D eigenvalue weighted by atomic mass is 9.96. The van der Waals surface area contributed by atoms with Crippen molar-refractivity contribution in [1.29, 1.82) is 0 Å².